The summed E-state index contributed by atoms with van der Waals surface area (Å²) in [5.41, 5.74) is 0.746. The molecule has 0 bridgehead atoms. The van der Waals surface area contributed by atoms with Crippen LogP contribution in [0.2, 0.25) is 0 Å². The van der Waals surface area contributed by atoms with E-state index < -0.39 is 6.04 Å². The molecule has 0 aliphatic carbocycles. The molecule has 0 spiro atoms. The van der Waals surface area contributed by atoms with Crippen LogP contribution in [0.4, 0.5) is 0 Å². The summed E-state index contributed by atoms with van der Waals surface area (Å²) in [6, 6.07) is -0.551. The van der Waals surface area contributed by atoms with Gasteiger partial charge in [0.25, 0.3) is 0 Å². The van der Waals surface area contributed by atoms with E-state index in [-0.39, 0.29) is 5.97 Å². The minimum atomic E-state index is -0.551. The molecule has 1 rings (SSSR count). The highest BCUT2D eigenvalue weighted by Crippen LogP contribution is 2.13. The fraction of sp³-hybridized carbons (Fsp3) is 0.455. The van der Waals surface area contributed by atoms with E-state index in [1.807, 2.05) is 0 Å². The van der Waals surface area contributed by atoms with Crippen LogP contribution >= 0.6 is 0 Å². The number of ether oxygens (including phenoxy) is 1. The summed E-state index contributed by atoms with van der Waals surface area (Å²) in [6.45, 7) is 2.41. The van der Waals surface area contributed by atoms with Gasteiger partial charge in [0, 0.05) is 18.8 Å². The number of rotatable bonds is 5. The van der Waals surface area contributed by atoms with Gasteiger partial charge in [0.15, 0.2) is 0 Å². The Morgan fingerprint density at radius 3 is 3.06 bits per heavy atom. The van der Waals surface area contributed by atoms with Crippen molar-refractivity contribution in [2.75, 3.05) is 13.2 Å². The molecule has 1 aromatic heterocycles. The van der Waals surface area contributed by atoms with Crippen LogP contribution in [0.5, 0.6) is 0 Å². The van der Waals surface area contributed by atoms with Crippen LogP contribution in [-0.2, 0) is 16.6 Å². The first kappa shape index (κ1) is 12.3. The van der Waals surface area contributed by atoms with Crippen LogP contribution in [0.25, 0.3) is 0 Å². The average molecular weight is 221 g/mol. The maximum atomic E-state index is 11.7. The summed E-state index contributed by atoms with van der Waals surface area (Å²) >= 11 is 0. The Morgan fingerprint density at radius 2 is 2.56 bits per heavy atom. The highest BCUT2D eigenvalue weighted by Gasteiger charge is 2.22. The van der Waals surface area contributed by atoms with Gasteiger partial charge in [-0.15, -0.1) is 6.42 Å². The molecule has 1 heterocycles. The molecule has 0 fully saturated rings. The lowest BCUT2D eigenvalue weighted by Crippen LogP contribution is -2.30. The first-order valence-corrected chi connectivity index (χ1v) is 5.01. The largest absolute Gasteiger partial charge is 0.465 e. The van der Waals surface area contributed by atoms with Crippen molar-refractivity contribution >= 4 is 5.97 Å². The zero-order valence-corrected chi connectivity index (χ0v) is 9.43. The second-order valence-electron chi connectivity index (χ2n) is 3.22. The van der Waals surface area contributed by atoms with E-state index in [1.54, 1.807) is 31.0 Å². The van der Waals surface area contributed by atoms with Crippen LogP contribution in [0.1, 0.15) is 18.5 Å². The third-order valence-corrected chi connectivity index (χ3v) is 1.99. The molecule has 0 aromatic carbocycles. The Hall–Kier alpha value is -1.80. The van der Waals surface area contributed by atoms with E-state index >= 15 is 0 Å². The summed E-state index contributed by atoms with van der Waals surface area (Å²) in [5.74, 6) is 2.08. The van der Waals surface area contributed by atoms with Gasteiger partial charge in [-0.25, -0.2) is 4.79 Å². The number of aryl methyl sites for hydroxylation is 1. The smallest absolute Gasteiger partial charge is 0.327 e. The second kappa shape index (κ2) is 5.93. The van der Waals surface area contributed by atoms with Crippen LogP contribution in [0.3, 0.4) is 0 Å². The van der Waals surface area contributed by atoms with Crippen molar-refractivity contribution in [3.8, 4) is 12.3 Å². The number of hydrogen-bond donors (Lipinski definition) is 1. The molecule has 1 atom stereocenters. The van der Waals surface area contributed by atoms with Gasteiger partial charge in [0.1, 0.15) is 6.04 Å². The summed E-state index contributed by atoms with van der Waals surface area (Å²) in [5, 5.41) is 6.92. The van der Waals surface area contributed by atoms with E-state index in [0.29, 0.717) is 13.2 Å². The van der Waals surface area contributed by atoms with E-state index in [0.717, 1.165) is 5.56 Å². The Morgan fingerprint density at radius 1 is 1.81 bits per heavy atom. The summed E-state index contributed by atoms with van der Waals surface area (Å²) in [4.78, 5) is 11.7. The molecular formula is C11H15N3O2. The van der Waals surface area contributed by atoms with Crippen LogP contribution < -0.4 is 5.32 Å². The number of carbonyl (C=O) groups is 1. The van der Waals surface area contributed by atoms with E-state index in [2.05, 4.69) is 16.3 Å². The van der Waals surface area contributed by atoms with Gasteiger partial charge >= 0.3 is 5.97 Å². The van der Waals surface area contributed by atoms with Crippen LogP contribution in [-0.4, -0.2) is 28.9 Å². The normalized spacial score (nSPS) is 11.8. The Bertz CT molecular complexity index is 392. The summed E-state index contributed by atoms with van der Waals surface area (Å²) < 4.78 is 6.58. The molecule has 0 radical (unpaired) electrons. The van der Waals surface area contributed by atoms with E-state index in [4.69, 9.17) is 11.2 Å². The predicted octanol–water partition coefficient (Wildman–Crippen LogP) is 0.247. The maximum Gasteiger partial charge on any atom is 0.327 e. The molecule has 5 heteroatoms. The molecule has 0 saturated carbocycles. The SMILES string of the molecule is C#CCNC(C(=O)OCC)c1cnn(C)c1. The van der Waals surface area contributed by atoms with Crippen molar-refractivity contribution < 1.29 is 9.53 Å². The second-order valence-corrected chi connectivity index (χ2v) is 3.22. The lowest BCUT2D eigenvalue weighted by Gasteiger charge is -2.13. The predicted molar refractivity (Wildman–Crippen MR) is 59.4 cm³/mol. The minimum absolute atomic E-state index is 0.304. The molecule has 1 N–H and O–H groups in total. The van der Waals surface area contributed by atoms with Crippen molar-refractivity contribution in [2.24, 2.45) is 7.05 Å². The summed E-state index contributed by atoms with van der Waals surface area (Å²) in [6.07, 6.45) is 8.52. The molecule has 86 valence electrons. The molecule has 16 heavy (non-hydrogen) atoms. The molecule has 0 amide bonds. The van der Waals surface area contributed by atoms with Gasteiger partial charge in [-0.1, -0.05) is 5.92 Å². The highest BCUT2D eigenvalue weighted by atomic mass is 16.5. The van der Waals surface area contributed by atoms with Crippen molar-refractivity contribution in [3.05, 3.63) is 18.0 Å². The number of terminal acetylenes is 1. The number of nitrogens with zero attached hydrogens (tertiary/aromatic N) is 2. The number of hydrogen-bond acceptors (Lipinski definition) is 4. The lowest BCUT2D eigenvalue weighted by molar-refractivity contribution is -0.145. The number of aromatic nitrogens is 2. The van der Waals surface area contributed by atoms with Gasteiger partial charge in [-0.05, 0) is 6.92 Å². The van der Waals surface area contributed by atoms with Crippen LogP contribution in [0.15, 0.2) is 12.4 Å². The zero-order valence-electron chi connectivity index (χ0n) is 9.43. The van der Waals surface area contributed by atoms with Gasteiger partial charge in [0.2, 0.25) is 0 Å². The van der Waals surface area contributed by atoms with Crippen molar-refractivity contribution in [1.29, 1.82) is 0 Å². The molecule has 0 aliphatic heterocycles. The van der Waals surface area contributed by atoms with Gasteiger partial charge < -0.3 is 4.74 Å². The monoisotopic (exact) mass is 221 g/mol. The van der Waals surface area contributed by atoms with Gasteiger partial charge in [0.05, 0.1) is 19.3 Å². The zero-order chi connectivity index (χ0) is 12.0. The number of nitrogens with one attached hydrogen (secondary N) is 1. The highest BCUT2D eigenvalue weighted by molar-refractivity contribution is 5.77. The fourth-order valence-corrected chi connectivity index (χ4v) is 1.31. The topological polar surface area (TPSA) is 56.1 Å². The van der Waals surface area contributed by atoms with E-state index in [1.165, 1.54) is 0 Å². The Labute approximate surface area is 94.8 Å². The van der Waals surface area contributed by atoms with Crippen molar-refractivity contribution in [2.45, 2.75) is 13.0 Å². The molecule has 0 aliphatic rings. The molecular weight excluding hydrogens is 206 g/mol. The Balaban J connectivity index is 2.79. The average Bonchev–Trinajstić information content (AvgIpc) is 2.66. The minimum Gasteiger partial charge on any atom is -0.465 e. The van der Waals surface area contributed by atoms with Crippen molar-refractivity contribution in [3.63, 3.8) is 0 Å². The maximum absolute atomic E-state index is 11.7. The van der Waals surface area contributed by atoms with Gasteiger partial charge in [-0.3, -0.25) is 10.00 Å². The lowest BCUT2D eigenvalue weighted by atomic mass is 10.1. The van der Waals surface area contributed by atoms with E-state index in [9.17, 15) is 4.79 Å². The third-order valence-electron chi connectivity index (χ3n) is 1.99. The molecule has 5 nitrogen and oxygen atoms in total. The van der Waals surface area contributed by atoms with Crippen LogP contribution in [0, 0.1) is 12.3 Å². The fourth-order valence-electron chi connectivity index (χ4n) is 1.31. The third kappa shape index (κ3) is 3.11. The number of carbonyl (C=O) groups excluding carboxylic acids is 1. The molecule has 0 saturated heterocycles. The summed E-state index contributed by atoms with van der Waals surface area (Å²) in [7, 11) is 1.78. The quantitative estimate of drug-likeness (QED) is 0.572. The van der Waals surface area contributed by atoms with Crippen molar-refractivity contribution in [1.82, 2.24) is 15.1 Å². The Kier molecular flexibility index (Phi) is 4.55. The first-order chi connectivity index (χ1) is 7.69. The standard InChI is InChI=1S/C11H15N3O2/c1-4-6-12-10(11(15)16-5-2)9-7-13-14(3)8-9/h1,7-8,10,12H,5-6H2,2-3H3. The molecule has 1 aromatic rings. The first-order valence-electron chi connectivity index (χ1n) is 5.01. The van der Waals surface area contributed by atoms with Gasteiger partial charge in [-0.2, -0.15) is 5.10 Å². The molecule has 1 unspecified atom stereocenters. The number of esters is 1.